The van der Waals surface area contributed by atoms with Gasteiger partial charge in [-0.2, -0.15) is 0 Å². The van der Waals surface area contributed by atoms with E-state index in [1.54, 1.807) is 0 Å². The molecule has 0 aromatic carbocycles. The fraction of sp³-hybridized carbons (Fsp3) is 0.636. The van der Waals surface area contributed by atoms with Crippen molar-refractivity contribution in [2.45, 2.75) is 38.5 Å². The molecule has 4 nitrogen and oxygen atoms in total. The smallest absolute Gasteiger partial charge is 0.258 e. The van der Waals surface area contributed by atoms with Crippen LogP contribution in [-0.2, 0) is 9.59 Å². The quantitative estimate of drug-likeness (QED) is 0.517. The van der Waals surface area contributed by atoms with Crippen molar-refractivity contribution in [1.82, 2.24) is 4.90 Å². The molecule has 4 heteroatoms. The van der Waals surface area contributed by atoms with Gasteiger partial charge in [0.05, 0.1) is 6.42 Å². The third-order valence-corrected chi connectivity index (χ3v) is 3.16. The zero-order valence-corrected chi connectivity index (χ0v) is 8.66. The van der Waals surface area contributed by atoms with E-state index in [4.69, 9.17) is 5.11 Å². The minimum absolute atomic E-state index is 0.189. The molecule has 0 aromatic heterocycles. The van der Waals surface area contributed by atoms with Gasteiger partial charge in [-0.25, -0.2) is 0 Å². The van der Waals surface area contributed by atoms with E-state index in [9.17, 15) is 9.59 Å². The molecule has 0 radical (unpaired) electrons. The standard InChI is InChI=1S/C11H15NO3/c13-7-12-10(14)6-9(11(12)15)8-4-2-1-3-5-8/h13H,1-7H2. The Hall–Kier alpha value is -1.16. The van der Waals surface area contributed by atoms with Gasteiger partial charge in [0.1, 0.15) is 6.73 Å². The molecule has 0 spiro atoms. The minimum Gasteiger partial charge on any atom is -0.376 e. The van der Waals surface area contributed by atoms with Crippen LogP contribution in [0.4, 0.5) is 0 Å². The summed E-state index contributed by atoms with van der Waals surface area (Å²) in [6, 6.07) is 0. The van der Waals surface area contributed by atoms with Crippen LogP contribution >= 0.6 is 0 Å². The first-order chi connectivity index (χ1) is 7.24. The van der Waals surface area contributed by atoms with E-state index in [2.05, 4.69) is 0 Å². The molecule has 82 valence electrons. The minimum atomic E-state index is -0.492. The van der Waals surface area contributed by atoms with Crippen molar-refractivity contribution in [3.05, 3.63) is 11.1 Å². The van der Waals surface area contributed by atoms with E-state index in [1.165, 1.54) is 6.42 Å². The number of aliphatic hydroxyl groups is 1. The van der Waals surface area contributed by atoms with E-state index in [0.29, 0.717) is 5.57 Å². The van der Waals surface area contributed by atoms with Crippen LogP contribution in [0.25, 0.3) is 0 Å². The summed E-state index contributed by atoms with van der Waals surface area (Å²) >= 11 is 0. The van der Waals surface area contributed by atoms with Gasteiger partial charge < -0.3 is 5.11 Å². The van der Waals surface area contributed by atoms with E-state index in [-0.39, 0.29) is 18.2 Å². The summed E-state index contributed by atoms with van der Waals surface area (Å²) in [5.74, 6) is -0.546. The highest BCUT2D eigenvalue weighted by atomic mass is 16.3. The molecule has 0 atom stereocenters. The normalized spacial score (nSPS) is 22.9. The Morgan fingerprint density at radius 3 is 2.33 bits per heavy atom. The van der Waals surface area contributed by atoms with Gasteiger partial charge in [0.15, 0.2) is 0 Å². The molecule has 1 saturated heterocycles. The Balaban J connectivity index is 2.23. The van der Waals surface area contributed by atoms with Crippen molar-refractivity contribution in [1.29, 1.82) is 0 Å². The van der Waals surface area contributed by atoms with Gasteiger partial charge in [-0.05, 0) is 25.7 Å². The lowest BCUT2D eigenvalue weighted by Crippen LogP contribution is -2.30. The first-order valence-corrected chi connectivity index (χ1v) is 5.40. The van der Waals surface area contributed by atoms with Gasteiger partial charge in [0.2, 0.25) is 5.91 Å². The molecule has 0 aromatic rings. The molecule has 0 bridgehead atoms. The SMILES string of the molecule is O=C1CC(=C2CCCCC2)C(=O)N1CO. The molecule has 1 N–H and O–H groups in total. The van der Waals surface area contributed by atoms with Crippen molar-refractivity contribution < 1.29 is 14.7 Å². The number of carbonyl (C=O) groups is 2. The zero-order chi connectivity index (χ0) is 10.8. The number of hydrogen-bond acceptors (Lipinski definition) is 3. The Bertz CT molecular complexity index is 325. The number of amides is 2. The lowest BCUT2D eigenvalue weighted by atomic mass is 9.90. The molecule has 15 heavy (non-hydrogen) atoms. The average molecular weight is 209 g/mol. The number of imide groups is 1. The second-order valence-corrected chi connectivity index (χ2v) is 4.09. The topological polar surface area (TPSA) is 57.6 Å². The summed E-state index contributed by atoms with van der Waals surface area (Å²) in [6.45, 7) is -0.492. The third-order valence-electron chi connectivity index (χ3n) is 3.16. The summed E-state index contributed by atoms with van der Waals surface area (Å²) < 4.78 is 0. The highest BCUT2D eigenvalue weighted by Crippen LogP contribution is 2.31. The Labute approximate surface area is 88.6 Å². The summed E-state index contributed by atoms with van der Waals surface area (Å²) in [4.78, 5) is 24.0. The largest absolute Gasteiger partial charge is 0.376 e. The van der Waals surface area contributed by atoms with Gasteiger partial charge in [0.25, 0.3) is 5.91 Å². The van der Waals surface area contributed by atoms with E-state index < -0.39 is 6.73 Å². The van der Waals surface area contributed by atoms with E-state index in [0.717, 1.165) is 36.2 Å². The molecule has 1 aliphatic carbocycles. The summed E-state index contributed by atoms with van der Waals surface area (Å²) in [7, 11) is 0. The first-order valence-electron chi connectivity index (χ1n) is 5.40. The predicted molar refractivity (Wildman–Crippen MR) is 53.7 cm³/mol. The van der Waals surface area contributed by atoms with Gasteiger partial charge >= 0.3 is 0 Å². The van der Waals surface area contributed by atoms with Crippen molar-refractivity contribution >= 4 is 11.8 Å². The van der Waals surface area contributed by atoms with Crippen molar-refractivity contribution in [3.8, 4) is 0 Å². The maximum Gasteiger partial charge on any atom is 0.258 e. The average Bonchev–Trinajstić information content (AvgIpc) is 2.55. The van der Waals surface area contributed by atoms with Gasteiger partial charge in [-0.3, -0.25) is 14.5 Å². The number of hydrogen-bond donors (Lipinski definition) is 1. The predicted octanol–water partition coefficient (Wildman–Crippen LogP) is 0.956. The molecule has 1 saturated carbocycles. The van der Waals surface area contributed by atoms with Crippen molar-refractivity contribution in [2.75, 3.05) is 6.73 Å². The lowest BCUT2D eigenvalue weighted by molar-refractivity contribution is -0.141. The van der Waals surface area contributed by atoms with Crippen LogP contribution in [0.15, 0.2) is 11.1 Å². The molecular formula is C11H15NO3. The summed E-state index contributed by atoms with van der Waals surface area (Å²) in [5.41, 5.74) is 1.78. The van der Waals surface area contributed by atoms with E-state index >= 15 is 0 Å². The van der Waals surface area contributed by atoms with Gasteiger partial charge in [-0.1, -0.05) is 12.0 Å². The Kier molecular flexibility index (Phi) is 2.86. The number of allylic oxidation sites excluding steroid dienone is 1. The van der Waals surface area contributed by atoms with Gasteiger partial charge in [0, 0.05) is 5.57 Å². The van der Waals surface area contributed by atoms with Crippen LogP contribution in [-0.4, -0.2) is 28.6 Å². The molecule has 2 rings (SSSR count). The van der Waals surface area contributed by atoms with Crippen LogP contribution in [0.5, 0.6) is 0 Å². The number of nitrogens with zero attached hydrogens (tertiary/aromatic N) is 1. The zero-order valence-electron chi connectivity index (χ0n) is 8.66. The number of rotatable bonds is 1. The van der Waals surface area contributed by atoms with Crippen LogP contribution < -0.4 is 0 Å². The monoisotopic (exact) mass is 209 g/mol. The number of likely N-dealkylation sites (tertiary alicyclic amines) is 1. The van der Waals surface area contributed by atoms with Gasteiger partial charge in [-0.15, -0.1) is 0 Å². The molecular weight excluding hydrogens is 194 g/mol. The summed E-state index contributed by atoms with van der Waals surface area (Å²) in [5, 5.41) is 8.88. The molecule has 2 aliphatic rings. The van der Waals surface area contributed by atoms with Crippen LogP contribution in [0.1, 0.15) is 38.5 Å². The second-order valence-electron chi connectivity index (χ2n) is 4.09. The summed E-state index contributed by atoms with van der Waals surface area (Å²) in [6.07, 6.45) is 5.50. The Morgan fingerprint density at radius 1 is 1.13 bits per heavy atom. The highest BCUT2D eigenvalue weighted by Gasteiger charge is 2.35. The molecule has 1 aliphatic heterocycles. The molecule has 2 fully saturated rings. The van der Waals surface area contributed by atoms with Crippen LogP contribution in [0.2, 0.25) is 0 Å². The van der Waals surface area contributed by atoms with Crippen LogP contribution in [0.3, 0.4) is 0 Å². The maximum atomic E-state index is 11.7. The fourth-order valence-corrected chi connectivity index (χ4v) is 2.30. The lowest BCUT2D eigenvalue weighted by Gasteiger charge is -2.15. The maximum absolute atomic E-state index is 11.7. The Morgan fingerprint density at radius 2 is 1.80 bits per heavy atom. The molecule has 1 heterocycles. The van der Waals surface area contributed by atoms with E-state index in [1.807, 2.05) is 0 Å². The molecule has 2 amide bonds. The van der Waals surface area contributed by atoms with Crippen molar-refractivity contribution in [3.63, 3.8) is 0 Å². The number of aliphatic hydroxyl groups excluding tert-OH is 1. The molecule has 0 unspecified atom stereocenters. The second kappa shape index (κ2) is 4.14. The van der Waals surface area contributed by atoms with Crippen LogP contribution in [0, 0.1) is 0 Å². The number of carbonyl (C=O) groups excluding carboxylic acids is 2. The first kappa shape index (κ1) is 10.4. The third kappa shape index (κ3) is 1.81. The van der Waals surface area contributed by atoms with Crippen molar-refractivity contribution in [2.24, 2.45) is 0 Å². The highest BCUT2D eigenvalue weighted by molar-refractivity contribution is 6.13. The fourth-order valence-electron chi connectivity index (χ4n) is 2.30.